The second kappa shape index (κ2) is 9.18. The third-order valence-electron chi connectivity index (χ3n) is 5.45. The van der Waals surface area contributed by atoms with Crippen LogP contribution in [0.25, 0.3) is 11.4 Å². The lowest BCUT2D eigenvalue weighted by atomic mass is 9.86. The Morgan fingerprint density at radius 3 is 2.55 bits per heavy atom. The van der Waals surface area contributed by atoms with Gasteiger partial charge in [-0.2, -0.15) is 0 Å². The molecule has 0 radical (unpaired) electrons. The molecule has 7 nitrogen and oxygen atoms in total. The first-order valence-electron chi connectivity index (χ1n) is 10.3. The van der Waals surface area contributed by atoms with Crippen molar-refractivity contribution in [3.8, 4) is 11.4 Å². The van der Waals surface area contributed by atoms with Gasteiger partial charge < -0.3 is 20.1 Å². The maximum Gasteiger partial charge on any atom is 0.272 e. The van der Waals surface area contributed by atoms with Crippen molar-refractivity contribution in [1.82, 2.24) is 25.1 Å². The van der Waals surface area contributed by atoms with Crippen LogP contribution in [0.4, 0.5) is 0 Å². The molecule has 1 aromatic carbocycles. The van der Waals surface area contributed by atoms with Crippen molar-refractivity contribution in [2.24, 2.45) is 5.41 Å². The van der Waals surface area contributed by atoms with E-state index in [4.69, 9.17) is 28.2 Å². The fourth-order valence-electron chi connectivity index (χ4n) is 3.80. The van der Waals surface area contributed by atoms with Crippen LogP contribution in [0, 0.1) is 5.41 Å². The van der Waals surface area contributed by atoms with Crippen LogP contribution < -0.4 is 10.6 Å². The van der Waals surface area contributed by atoms with Gasteiger partial charge in [0.1, 0.15) is 11.9 Å². The quantitative estimate of drug-likeness (QED) is 0.722. The Kier molecular flexibility index (Phi) is 6.98. The summed E-state index contributed by atoms with van der Waals surface area (Å²) in [6.07, 6.45) is 0.912. The Bertz CT molecular complexity index is 997. The van der Waals surface area contributed by atoms with Gasteiger partial charge in [0, 0.05) is 30.7 Å². The number of imidazole rings is 1. The molecule has 2 N–H and O–H groups in total. The van der Waals surface area contributed by atoms with Crippen LogP contribution in [0.5, 0.6) is 0 Å². The monoisotopic (exact) mass is 465 g/mol. The number of amides is 2. The minimum Gasteiger partial charge on any atom is -0.357 e. The molecule has 0 saturated carbocycles. The summed E-state index contributed by atoms with van der Waals surface area (Å²) < 4.78 is 2.04. The van der Waals surface area contributed by atoms with Crippen LogP contribution in [0.2, 0.25) is 10.0 Å². The van der Waals surface area contributed by atoms with Crippen LogP contribution in [0.15, 0.2) is 18.2 Å². The van der Waals surface area contributed by atoms with E-state index in [1.807, 2.05) is 32.4 Å². The van der Waals surface area contributed by atoms with Gasteiger partial charge in [0.15, 0.2) is 5.69 Å². The van der Waals surface area contributed by atoms with E-state index in [1.54, 1.807) is 25.2 Å². The zero-order valence-corrected chi connectivity index (χ0v) is 20.1. The average molecular weight is 466 g/mol. The molecule has 9 heteroatoms. The molecule has 2 heterocycles. The summed E-state index contributed by atoms with van der Waals surface area (Å²) in [5.74, 6) is -0.0245. The molecule has 3 rings (SSSR count). The Balaban J connectivity index is 2.10. The van der Waals surface area contributed by atoms with E-state index in [0.717, 1.165) is 18.7 Å². The van der Waals surface area contributed by atoms with Crippen LogP contribution in [-0.4, -0.2) is 52.9 Å². The minimum atomic E-state index is -0.705. The topological polar surface area (TPSA) is 79.3 Å². The van der Waals surface area contributed by atoms with Gasteiger partial charge in [-0.05, 0) is 43.6 Å². The standard InChI is InChI=1S/C22H29Cl2N5O2/c1-22(2,3)18(21(31)25-4)27-20(30)17-16-12-28(5)9-6-10-29(16)19(26-17)14-11-13(23)7-8-15(14)24/h7-8,11,18H,6,9-10,12H2,1-5H3,(H,25,31)(H,27,30). The number of aromatic nitrogens is 2. The van der Waals surface area contributed by atoms with Crippen LogP contribution in [-0.2, 0) is 17.9 Å². The van der Waals surface area contributed by atoms with Gasteiger partial charge in [-0.3, -0.25) is 9.59 Å². The molecule has 0 aliphatic carbocycles. The summed E-state index contributed by atoms with van der Waals surface area (Å²) in [5, 5.41) is 6.58. The van der Waals surface area contributed by atoms with Crippen molar-refractivity contribution in [2.45, 2.75) is 46.3 Å². The van der Waals surface area contributed by atoms with Crippen molar-refractivity contribution in [3.05, 3.63) is 39.6 Å². The normalized spacial score (nSPS) is 15.7. The molecule has 31 heavy (non-hydrogen) atoms. The molecule has 0 saturated heterocycles. The van der Waals surface area contributed by atoms with Crippen LogP contribution in [0.3, 0.4) is 0 Å². The zero-order chi connectivity index (χ0) is 22.9. The van der Waals surface area contributed by atoms with Crippen molar-refractivity contribution in [3.63, 3.8) is 0 Å². The number of benzene rings is 1. The highest BCUT2D eigenvalue weighted by atomic mass is 35.5. The highest BCUT2D eigenvalue weighted by Gasteiger charge is 2.34. The zero-order valence-electron chi connectivity index (χ0n) is 18.6. The number of hydrogen-bond donors (Lipinski definition) is 2. The number of nitrogens with zero attached hydrogens (tertiary/aromatic N) is 3. The number of nitrogens with one attached hydrogen (secondary N) is 2. The fraction of sp³-hybridized carbons (Fsp3) is 0.500. The van der Waals surface area contributed by atoms with Crippen molar-refractivity contribution >= 4 is 35.0 Å². The molecule has 2 amide bonds. The van der Waals surface area contributed by atoms with Crippen molar-refractivity contribution < 1.29 is 9.59 Å². The molecule has 1 aliphatic rings. The molecule has 1 aromatic heterocycles. The maximum atomic E-state index is 13.4. The highest BCUT2D eigenvalue weighted by Crippen LogP contribution is 2.33. The second-order valence-corrected chi connectivity index (χ2v) is 9.83. The van der Waals surface area contributed by atoms with E-state index < -0.39 is 11.5 Å². The average Bonchev–Trinajstić information content (AvgIpc) is 2.92. The molecule has 1 aliphatic heterocycles. The van der Waals surface area contributed by atoms with E-state index in [2.05, 4.69) is 15.5 Å². The summed E-state index contributed by atoms with van der Waals surface area (Å²) in [4.78, 5) is 32.7. The lowest BCUT2D eigenvalue weighted by Gasteiger charge is -2.29. The van der Waals surface area contributed by atoms with E-state index in [-0.39, 0.29) is 11.8 Å². The number of fused-ring (bicyclic) bond motifs is 1. The van der Waals surface area contributed by atoms with Crippen molar-refractivity contribution in [1.29, 1.82) is 0 Å². The highest BCUT2D eigenvalue weighted by molar-refractivity contribution is 6.35. The summed E-state index contributed by atoms with van der Waals surface area (Å²) in [6.45, 7) is 7.89. The lowest BCUT2D eigenvalue weighted by Crippen LogP contribution is -2.53. The maximum absolute atomic E-state index is 13.4. The predicted molar refractivity (Wildman–Crippen MR) is 123 cm³/mol. The molecular weight excluding hydrogens is 437 g/mol. The smallest absolute Gasteiger partial charge is 0.272 e. The summed E-state index contributed by atoms with van der Waals surface area (Å²) in [7, 11) is 3.57. The van der Waals surface area contributed by atoms with E-state index in [9.17, 15) is 9.59 Å². The van der Waals surface area contributed by atoms with Gasteiger partial charge in [0.2, 0.25) is 5.91 Å². The second-order valence-electron chi connectivity index (χ2n) is 8.98. The largest absolute Gasteiger partial charge is 0.357 e. The number of halogens is 2. The molecule has 1 atom stereocenters. The Hall–Kier alpha value is -2.09. The first-order valence-corrected chi connectivity index (χ1v) is 11.0. The Morgan fingerprint density at radius 1 is 1.19 bits per heavy atom. The van der Waals surface area contributed by atoms with Crippen LogP contribution >= 0.6 is 23.2 Å². The molecular formula is C22H29Cl2N5O2. The summed E-state index contributed by atoms with van der Waals surface area (Å²) in [5.41, 5.74) is 1.31. The third-order valence-corrected chi connectivity index (χ3v) is 6.01. The fourth-order valence-corrected chi connectivity index (χ4v) is 4.17. The Labute approximate surface area is 193 Å². The van der Waals surface area contributed by atoms with Gasteiger partial charge in [0.05, 0.1) is 10.7 Å². The van der Waals surface area contributed by atoms with Gasteiger partial charge in [-0.25, -0.2) is 4.98 Å². The van der Waals surface area contributed by atoms with Gasteiger partial charge >= 0.3 is 0 Å². The number of rotatable bonds is 4. The summed E-state index contributed by atoms with van der Waals surface area (Å²) >= 11 is 12.7. The van der Waals surface area contributed by atoms with Gasteiger partial charge in [0.25, 0.3) is 5.91 Å². The number of likely N-dealkylation sites (N-methyl/N-ethyl adjacent to an activating group) is 1. The number of carbonyl (C=O) groups is 2. The first kappa shape index (κ1) is 23.6. The minimum absolute atomic E-state index is 0.249. The predicted octanol–water partition coefficient (Wildman–Crippen LogP) is 3.58. The van der Waals surface area contributed by atoms with E-state index >= 15 is 0 Å². The molecule has 0 bridgehead atoms. The SMILES string of the molecule is CNC(=O)C(NC(=O)c1nc(-c2cc(Cl)ccc2Cl)n2c1CN(C)CCC2)C(C)(C)C. The Morgan fingerprint density at radius 2 is 1.90 bits per heavy atom. The third kappa shape index (κ3) is 5.05. The molecule has 2 aromatic rings. The molecule has 0 fully saturated rings. The van der Waals surface area contributed by atoms with Crippen LogP contribution in [0.1, 0.15) is 43.4 Å². The van der Waals surface area contributed by atoms with E-state index in [1.165, 1.54) is 0 Å². The molecule has 168 valence electrons. The first-order chi connectivity index (χ1) is 14.5. The van der Waals surface area contributed by atoms with Gasteiger partial charge in [-0.15, -0.1) is 0 Å². The number of hydrogen-bond acceptors (Lipinski definition) is 4. The lowest BCUT2D eigenvalue weighted by molar-refractivity contribution is -0.124. The van der Waals surface area contributed by atoms with Crippen molar-refractivity contribution in [2.75, 3.05) is 20.6 Å². The number of carbonyl (C=O) groups excluding carboxylic acids is 2. The molecule has 0 spiro atoms. The summed E-state index contributed by atoms with van der Waals surface area (Å²) in [6, 6.07) is 4.51. The van der Waals surface area contributed by atoms with Gasteiger partial charge in [-0.1, -0.05) is 44.0 Å². The molecule has 1 unspecified atom stereocenters. The van der Waals surface area contributed by atoms with E-state index in [0.29, 0.717) is 40.2 Å².